The van der Waals surface area contributed by atoms with Gasteiger partial charge in [-0.3, -0.25) is 4.79 Å². The number of benzene rings is 1. The van der Waals surface area contributed by atoms with E-state index in [0.29, 0.717) is 15.8 Å². The predicted molar refractivity (Wildman–Crippen MR) is 94.0 cm³/mol. The Morgan fingerprint density at radius 3 is 3.00 bits per heavy atom. The number of amides is 1. The quantitative estimate of drug-likeness (QED) is 0.699. The Hall–Kier alpha value is -2.05. The van der Waals surface area contributed by atoms with E-state index in [4.69, 9.17) is 11.6 Å². The van der Waals surface area contributed by atoms with Gasteiger partial charge in [0.15, 0.2) is 10.8 Å². The van der Waals surface area contributed by atoms with Crippen molar-refractivity contribution in [1.29, 1.82) is 0 Å². The molecular weight excluding hydrogens is 332 g/mol. The number of nitrogens with one attached hydrogen (secondary N) is 2. The SMILES string of the molecule is Cc1cccc(NC(=O)[C@@H](C)Sc2nc3ncc(Cl)cc3[nH]2)c1. The second kappa shape index (κ2) is 6.60. The highest BCUT2D eigenvalue weighted by Crippen LogP contribution is 2.24. The van der Waals surface area contributed by atoms with Gasteiger partial charge in [-0.1, -0.05) is 35.5 Å². The highest BCUT2D eigenvalue weighted by Gasteiger charge is 2.17. The fraction of sp³-hybridized carbons (Fsp3) is 0.188. The number of hydrogen-bond donors (Lipinski definition) is 2. The fourth-order valence-corrected chi connectivity index (χ4v) is 3.06. The zero-order chi connectivity index (χ0) is 16.4. The van der Waals surface area contributed by atoms with Crippen LogP contribution < -0.4 is 5.32 Å². The molecule has 2 heterocycles. The number of carbonyl (C=O) groups is 1. The number of H-pyrrole nitrogens is 1. The average molecular weight is 347 g/mol. The van der Waals surface area contributed by atoms with Crippen LogP contribution in [0.2, 0.25) is 5.02 Å². The average Bonchev–Trinajstić information content (AvgIpc) is 2.88. The fourth-order valence-electron chi connectivity index (χ4n) is 2.10. The van der Waals surface area contributed by atoms with E-state index in [2.05, 4.69) is 20.3 Å². The van der Waals surface area contributed by atoms with Crippen LogP contribution in [0.15, 0.2) is 41.7 Å². The van der Waals surface area contributed by atoms with Crippen LogP contribution in [0.1, 0.15) is 12.5 Å². The van der Waals surface area contributed by atoms with E-state index in [-0.39, 0.29) is 11.2 Å². The third-order valence-electron chi connectivity index (χ3n) is 3.23. The van der Waals surface area contributed by atoms with Gasteiger partial charge in [0.05, 0.1) is 15.8 Å². The van der Waals surface area contributed by atoms with Crippen molar-refractivity contribution in [2.24, 2.45) is 0 Å². The van der Waals surface area contributed by atoms with Gasteiger partial charge < -0.3 is 10.3 Å². The van der Waals surface area contributed by atoms with Crippen molar-refractivity contribution in [3.05, 3.63) is 47.1 Å². The van der Waals surface area contributed by atoms with E-state index in [0.717, 1.165) is 16.8 Å². The van der Waals surface area contributed by atoms with E-state index >= 15 is 0 Å². The van der Waals surface area contributed by atoms with Crippen LogP contribution in [0, 0.1) is 6.92 Å². The first-order chi connectivity index (χ1) is 11.0. The maximum absolute atomic E-state index is 12.3. The molecule has 3 rings (SSSR count). The molecule has 118 valence electrons. The molecule has 0 aliphatic carbocycles. The molecule has 1 amide bonds. The molecule has 0 aliphatic heterocycles. The number of aromatic amines is 1. The van der Waals surface area contributed by atoms with Crippen molar-refractivity contribution in [3.63, 3.8) is 0 Å². The molecule has 0 saturated heterocycles. The Morgan fingerprint density at radius 1 is 1.39 bits per heavy atom. The summed E-state index contributed by atoms with van der Waals surface area (Å²) in [6.07, 6.45) is 1.55. The van der Waals surface area contributed by atoms with Gasteiger partial charge in [-0.2, -0.15) is 0 Å². The summed E-state index contributed by atoms with van der Waals surface area (Å²) in [5.74, 6) is -0.0768. The second-order valence-corrected chi connectivity index (χ2v) is 6.95. The molecule has 0 spiro atoms. The first-order valence-electron chi connectivity index (χ1n) is 7.07. The second-order valence-electron chi connectivity index (χ2n) is 5.19. The van der Waals surface area contributed by atoms with Crippen molar-refractivity contribution in [1.82, 2.24) is 15.0 Å². The van der Waals surface area contributed by atoms with Gasteiger partial charge in [-0.25, -0.2) is 9.97 Å². The minimum Gasteiger partial charge on any atom is -0.331 e. The summed E-state index contributed by atoms with van der Waals surface area (Å²) in [4.78, 5) is 23.9. The largest absolute Gasteiger partial charge is 0.331 e. The van der Waals surface area contributed by atoms with Crippen LogP contribution in [0.25, 0.3) is 11.2 Å². The monoisotopic (exact) mass is 346 g/mol. The minimum absolute atomic E-state index is 0.0768. The molecule has 0 aliphatic rings. The Balaban J connectivity index is 1.69. The van der Waals surface area contributed by atoms with Crippen molar-refractivity contribution >= 4 is 46.1 Å². The topological polar surface area (TPSA) is 70.7 Å². The maximum atomic E-state index is 12.3. The number of hydrogen-bond acceptors (Lipinski definition) is 4. The van der Waals surface area contributed by atoms with Crippen LogP contribution in [0.3, 0.4) is 0 Å². The van der Waals surface area contributed by atoms with Crippen LogP contribution >= 0.6 is 23.4 Å². The number of halogens is 1. The number of thioether (sulfide) groups is 1. The molecule has 0 bridgehead atoms. The van der Waals surface area contributed by atoms with Gasteiger partial charge in [-0.15, -0.1) is 0 Å². The van der Waals surface area contributed by atoms with E-state index < -0.39 is 0 Å². The maximum Gasteiger partial charge on any atom is 0.237 e. The van der Waals surface area contributed by atoms with Gasteiger partial charge in [0.25, 0.3) is 0 Å². The lowest BCUT2D eigenvalue weighted by molar-refractivity contribution is -0.115. The number of pyridine rings is 1. The van der Waals surface area contributed by atoms with Crippen molar-refractivity contribution in [2.45, 2.75) is 24.3 Å². The number of aryl methyl sites for hydroxylation is 1. The molecule has 2 N–H and O–H groups in total. The molecule has 2 aromatic heterocycles. The molecule has 0 radical (unpaired) electrons. The molecule has 23 heavy (non-hydrogen) atoms. The van der Waals surface area contributed by atoms with Gasteiger partial charge in [0.2, 0.25) is 5.91 Å². The van der Waals surface area contributed by atoms with E-state index in [1.54, 1.807) is 12.3 Å². The molecular formula is C16H15ClN4OS. The summed E-state index contributed by atoms with van der Waals surface area (Å²) >= 11 is 7.25. The zero-order valence-corrected chi connectivity index (χ0v) is 14.2. The Labute approximate surface area is 142 Å². The highest BCUT2D eigenvalue weighted by molar-refractivity contribution is 8.00. The smallest absolute Gasteiger partial charge is 0.237 e. The van der Waals surface area contributed by atoms with Gasteiger partial charge >= 0.3 is 0 Å². The number of aromatic nitrogens is 3. The Bertz CT molecular complexity index is 864. The number of anilines is 1. The third kappa shape index (κ3) is 3.83. The molecule has 5 nitrogen and oxygen atoms in total. The molecule has 1 atom stereocenters. The van der Waals surface area contributed by atoms with Crippen LogP contribution in [-0.4, -0.2) is 26.1 Å². The van der Waals surface area contributed by atoms with Crippen molar-refractivity contribution < 1.29 is 4.79 Å². The van der Waals surface area contributed by atoms with Gasteiger partial charge in [0, 0.05) is 11.9 Å². The van der Waals surface area contributed by atoms with E-state index in [1.807, 2.05) is 38.1 Å². The van der Waals surface area contributed by atoms with Crippen molar-refractivity contribution in [2.75, 3.05) is 5.32 Å². The first kappa shape index (κ1) is 15.8. The molecule has 3 aromatic rings. The van der Waals surface area contributed by atoms with Gasteiger partial charge in [-0.05, 0) is 37.6 Å². The summed E-state index contributed by atoms with van der Waals surface area (Å²) in [5, 5.41) is 3.79. The predicted octanol–water partition coefficient (Wildman–Crippen LogP) is 4.04. The zero-order valence-electron chi connectivity index (χ0n) is 12.6. The summed E-state index contributed by atoms with van der Waals surface area (Å²) in [7, 11) is 0. The lowest BCUT2D eigenvalue weighted by Gasteiger charge is -2.10. The van der Waals surface area contributed by atoms with Crippen molar-refractivity contribution in [3.8, 4) is 0 Å². The third-order valence-corrected chi connectivity index (χ3v) is 4.42. The Kier molecular flexibility index (Phi) is 4.54. The molecule has 0 saturated carbocycles. The van der Waals surface area contributed by atoms with Crippen LogP contribution in [0.5, 0.6) is 0 Å². The number of carbonyl (C=O) groups excluding carboxylic acids is 1. The lowest BCUT2D eigenvalue weighted by Crippen LogP contribution is -2.22. The normalized spacial score (nSPS) is 12.3. The van der Waals surface area contributed by atoms with Gasteiger partial charge in [0.1, 0.15) is 0 Å². The highest BCUT2D eigenvalue weighted by atomic mass is 35.5. The Morgan fingerprint density at radius 2 is 2.22 bits per heavy atom. The van der Waals surface area contributed by atoms with Crippen LogP contribution in [-0.2, 0) is 4.79 Å². The number of fused-ring (bicyclic) bond motifs is 1. The standard InChI is InChI=1S/C16H15ClN4OS/c1-9-4-3-5-12(6-9)19-15(22)10(2)23-16-20-13-7-11(17)8-18-14(13)21-16/h3-8,10H,1-2H3,(H,19,22)(H,18,20,21)/t10-/m1/s1. The molecule has 0 fully saturated rings. The summed E-state index contributed by atoms with van der Waals surface area (Å²) in [5.41, 5.74) is 3.23. The summed E-state index contributed by atoms with van der Waals surface area (Å²) in [6.45, 7) is 3.82. The minimum atomic E-state index is -0.299. The van der Waals surface area contributed by atoms with E-state index in [9.17, 15) is 4.79 Å². The van der Waals surface area contributed by atoms with E-state index in [1.165, 1.54) is 11.8 Å². The molecule has 1 aromatic carbocycles. The lowest BCUT2D eigenvalue weighted by atomic mass is 10.2. The summed E-state index contributed by atoms with van der Waals surface area (Å²) < 4.78 is 0. The number of rotatable bonds is 4. The molecule has 0 unspecified atom stereocenters. The first-order valence-corrected chi connectivity index (χ1v) is 8.32. The number of imidazole rings is 1. The number of nitrogens with zero attached hydrogens (tertiary/aromatic N) is 2. The molecule has 7 heteroatoms. The summed E-state index contributed by atoms with van der Waals surface area (Å²) in [6, 6.07) is 9.47. The van der Waals surface area contributed by atoms with Crippen LogP contribution in [0.4, 0.5) is 5.69 Å².